The highest BCUT2D eigenvalue weighted by atomic mass is 19.1. The first-order valence-electron chi connectivity index (χ1n) is 6.43. The Morgan fingerprint density at radius 3 is 2.57 bits per heavy atom. The molecule has 0 aliphatic carbocycles. The van der Waals surface area contributed by atoms with Crippen LogP contribution in [0.1, 0.15) is 27.6 Å². The standard InChI is InChI=1S/C16H14FNO3/c1-2-21-15-8-3-11(10-19)9-14(15)18-16(20)12-4-6-13(17)7-5-12/h3-10H,2H2,1H3,(H,18,20). The minimum atomic E-state index is -0.412. The fourth-order valence-corrected chi connectivity index (χ4v) is 1.80. The highest BCUT2D eigenvalue weighted by Crippen LogP contribution is 2.26. The van der Waals surface area contributed by atoms with E-state index in [4.69, 9.17) is 4.74 Å². The van der Waals surface area contributed by atoms with Crippen LogP contribution >= 0.6 is 0 Å². The average Bonchev–Trinajstić information content (AvgIpc) is 2.49. The topological polar surface area (TPSA) is 55.4 Å². The third-order valence-electron chi connectivity index (χ3n) is 2.79. The second-order valence-electron chi connectivity index (χ2n) is 4.27. The number of ether oxygens (including phenoxy) is 1. The van der Waals surface area contributed by atoms with Crippen LogP contribution in [0.25, 0.3) is 0 Å². The fourth-order valence-electron chi connectivity index (χ4n) is 1.80. The number of hydrogen-bond acceptors (Lipinski definition) is 3. The van der Waals surface area contributed by atoms with Crippen LogP contribution in [0.3, 0.4) is 0 Å². The molecular weight excluding hydrogens is 273 g/mol. The van der Waals surface area contributed by atoms with E-state index >= 15 is 0 Å². The van der Waals surface area contributed by atoms with Crippen LogP contribution in [-0.4, -0.2) is 18.8 Å². The van der Waals surface area contributed by atoms with Crippen LogP contribution in [0.5, 0.6) is 5.75 Å². The second kappa shape index (κ2) is 6.65. The molecule has 1 amide bonds. The zero-order valence-corrected chi connectivity index (χ0v) is 11.4. The summed E-state index contributed by atoms with van der Waals surface area (Å²) in [4.78, 5) is 22.9. The van der Waals surface area contributed by atoms with Crippen LogP contribution < -0.4 is 10.1 Å². The minimum Gasteiger partial charge on any atom is -0.492 e. The third-order valence-corrected chi connectivity index (χ3v) is 2.79. The van der Waals surface area contributed by atoms with Crippen molar-refractivity contribution in [3.8, 4) is 5.75 Å². The highest BCUT2D eigenvalue weighted by molar-refractivity contribution is 6.05. The number of rotatable bonds is 5. The second-order valence-corrected chi connectivity index (χ2v) is 4.27. The van der Waals surface area contributed by atoms with Crippen LogP contribution in [0.2, 0.25) is 0 Å². The lowest BCUT2D eigenvalue weighted by atomic mass is 10.1. The van der Waals surface area contributed by atoms with Gasteiger partial charge in [-0.3, -0.25) is 9.59 Å². The lowest BCUT2D eigenvalue weighted by Crippen LogP contribution is -2.13. The van der Waals surface area contributed by atoms with Crippen molar-refractivity contribution in [2.45, 2.75) is 6.92 Å². The summed E-state index contributed by atoms with van der Waals surface area (Å²) in [5.41, 5.74) is 1.14. The number of amides is 1. The maximum absolute atomic E-state index is 12.8. The van der Waals surface area contributed by atoms with Crippen LogP contribution in [0.4, 0.5) is 10.1 Å². The van der Waals surface area contributed by atoms with Gasteiger partial charge in [-0.1, -0.05) is 0 Å². The molecule has 0 unspecified atom stereocenters. The van der Waals surface area contributed by atoms with Gasteiger partial charge in [-0.15, -0.1) is 0 Å². The van der Waals surface area contributed by atoms with Gasteiger partial charge in [-0.25, -0.2) is 4.39 Å². The molecule has 4 nitrogen and oxygen atoms in total. The van der Waals surface area contributed by atoms with E-state index < -0.39 is 11.7 Å². The van der Waals surface area contributed by atoms with Crippen LogP contribution in [0.15, 0.2) is 42.5 Å². The van der Waals surface area contributed by atoms with Crippen molar-refractivity contribution in [2.24, 2.45) is 0 Å². The van der Waals surface area contributed by atoms with Gasteiger partial charge in [-0.05, 0) is 49.4 Å². The number of carbonyl (C=O) groups is 2. The van der Waals surface area contributed by atoms with Gasteiger partial charge >= 0.3 is 0 Å². The van der Waals surface area contributed by atoms with Crippen molar-refractivity contribution in [2.75, 3.05) is 11.9 Å². The lowest BCUT2D eigenvalue weighted by molar-refractivity contribution is 0.102. The monoisotopic (exact) mass is 287 g/mol. The van der Waals surface area contributed by atoms with Crippen LogP contribution in [0, 0.1) is 5.82 Å². The molecule has 0 aliphatic rings. The quantitative estimate of drug-likeness (QED) is 0.858. The molecule has 0 atom stereocenters. The number of aldehydes is 1. The number of nitrogens with one attached hydrogen (secondary N) is 1. The van der Waals surface area contributed by atoms with E-state index in [2.05, 4.69) is 5.32 Å². The number of carbonyl (C=O) groups excluding carboxylic acids is 2. The normalized spacial score (nSPS) is 10.0. The Morgan fingerprint density at radius 1 is 1.24 bits per heavy atom. The van der Waals surface area contributed by atoms with Gasteiger partial charge in [0.15, 0.2) is 0 Å². The highest BCUT2D eigenvalue weighted by Gasteiger charge is 2.11. The van der Waals surface area contributed by atoms with E-state index in [0.717, 1.165) is 0 Å². The number of anilines is 1. The van der Waals surface area contributed by atoms with Crippen molar-refractivity contribution in [3.05, 3.63) is 59.4 Å². The van der Waals surface area contributed by atoms with Crippen molar-refractivity contribution in [1.29, 1.82) is 0 Å². The lowest BCUT2D eigenvalue weighted by Gasteiger charge is -2.12. The number of hydrogen-bond donors (Lipinski definition) is 1. The molecule has 0 radical (unpaired) electrons. The molecule has 0 saturated carbocycles. The molecule has 2 rings (SSSR count). The molecule has 21 heavy (non-hydrogen) atoms. The predicted octanol–water partition coefficient (Wildman–Crippen LogP) is 3.29. The SMILES string of the molecule is CCOc1ccc(C=O)cc1NC(=O)c1ccc(F)cc1. The molecule has 108 valence electrons. The molecule has 2 aromatic carbocycles. The van der Waals surface area contributed by atoms with E-state index in [1.54, 1.807) is 12.1 Å². The Morgan fingerprint density at radius 2 is 1.95 bits per heavy atom. The van der Waals surface area contributed by atoms with E-state index in [1.165, 1.54) is 30.3 Å². The molecular formula is C16H14FNO3. The third kappa shape index (κ3) is 3.66. The number of halogens is 1. The largest absolute Gasteiger partial charge is 0.492 e. The zero-order chi connectivity index (χ0) is 15.2. The molecule has 0 aliphatic heterocycles. The van der Waals surface area contributed by atoms with Gasteiger partial charge in [0.2, 0.25) is 0 Å². The van der Waals surface area contributed by atoms with Gasteiger partial charge in [-0.2, -0.15) is 0 Å². The van der Waals surface area contributed by atoms with Crippen molar-refractivity contribution < 1.29 is 18.7 Å². The summed E-state index contributed by atoms with van der Waals surface area (Å²) in [5, 5.41) is 2.66. The Labute approximate surface area is 121 Å². The van der Waals surface area contributed by atoms with Crippen molar-refractivity contribution >= 4 is 17.9 Å². The Hall–Kier alpha value is -2.69. The zero-order valence-electron chi connectivity index (χ0n) is 11.4. The molecule has 5 heteroatoms. The summed E-state index contributed by atoms with van der Waals surface area (Å²) >= 11 is 0. The van der Waals surface area contributed by atoms with Crippen molar-refractivity contribution in [1.82, 2.24) is 0 Å². The van der Waals surface area contributed by atoms with Gasteiger partial charge < -0.3 is 10.1 Å². The van der Waals surface area contributed by atoms with Gasteiger partial charge in [0.05, 0.1) is 12.3 Å². The summed E-state index contributed by atoms with van der Waals surface area (Å²) in [5.74, 6) is -0.345. The maximum atomic E-state index is 12.8. The average molecular weight is 287 g/mol. The predicted molar refractivity (Wildman–Crippen MR) is 77.4 cm³/mol. The minimum absolute atomic E-state index is 0.315. The Bertz CT molecular complexity index is 653. The molecule has 0 spiro atoms. The smallest absolute Gasteiger partial charge is 0.255 e. The fraction of sp³-hybridized carbons (Fsp3) is 0.125. The first kappa shape index (κ1) is 14.7. The molecule has 0 aromatic heterocycles. The Balaban J connectivity index is 2.26. The summed E-state index contributed by atoms with van der Waals surface area (Å²) in [6.45, 7) is 2.25. The molecule has 0 heterocycles. The number of benzene rings is 2. The molecule has 0 saturated heterocycles. The summed E-state index contributed by atoms with van der Waals surface area (Å²) < 4.78 is 18.3. The molecule has 0 bridgehead atoms. The molecule has 0 fully saturated rings. The van der Waals surface area contributed by atoms with Crippen LogP contribution in [-0.2, 0) is 0 Å². The maximum Gasteiger partial charge on any atom is 0.255 e. The first-order valence-corrected chi connectivity index (χ1v) is 6.43. The Kier molecular flexibility index (Phi) is 4.66. The van der Waals surface area contributed by atoms with E-state index in [9.17, 15) is 14.0 Å². The van der Waals surface area contributed by atoms with Gasteiger partial charge in [0, 0.05) is 11.1 Å². The van der Waals surface area contributed by atoms with E-state index in [-0.39, 0.29) is 0 Å². The summed E-state index contributed by atoms with van der Waals surface area (Å²) in [6, 6.07) is 9.93. The van der Waals surface area contributed by atoms with E-state index in [1.807, 2.05) is 6.92 Å². The first-order chi connectivity index (χ1) is 10.1. The van der Waals surface area contributed by atoms with Crippen molar-refractivity contribution in [3.63, 3.8) is 0 Å². The molecule has 2 aromatic rings. The van der Waals surface area contributed by atoms with E-state index in [0.29, 0.717) is 35.5 Å². The van der Waals surface area contributed by atoms with Gasteiger partial charge in [0.25, 0.3) is 5.91 Å². The summed E-state index contributed by atoms with van der Waals surface area (Å²) in [6.07, 6.45) is 0.684. The molecule has 1 N–H and O–H groups in total. The van der Waals surface area contributed by atoms with Gasteiger partial charge in [0.1, 0.15) is 17.9 Å². The summed E-state index contributed by atoms with van der Waals surface area (Å²) in [7, 11) is 0.